The second-order valence-electron chi connectivity index (χ2n) is 10.7. The van der Waals surface area contributed by atoms with Crippen LogP contribution in [0.15, 0.2) is 72.8 Å². The first-order valence-corrected chi connectivity index (χ1v) is 14.7. The fourth-order valence-electron chi connectivity index (χ4n) is 7.10. The molecular formula is C31H25Br2NO4. The second kappa shape index (κ2) is 8.62. The minimum atomic E-state index is -0.848. The summed E-state index contributed by atoms with van der Waals surface area (Å²) in [5.74, 6) is -2.27. The Labute approximate surface area is 237 Å². The molecule has 1 heterocycles. The lowest BCUT2D eigenvalue weighted by Gasteiger charge is -2.55. The van der Waals surface area contributed by atoms with Gasteiger partial charge in [0.1, 0.15) is 6.10 Å². The number of rotatable bonds is 3. The van der Waals surface area contributed by atoms with Crippen LogP contribution in [0, 0.1) is 11.8 Å². The van der Waals surface area contributed by atoms with Crippen LogP contribution in [0.5, 0.6) is 0 Å². The van der Waals surface area contributed by atoms with Crippen LogP contribution >= 0.6 is 31.9 Å². The van der Waals surface area contributed by atoms with Gasteiger partial charge in [-0.1, -0.05) is 92.9 Å². The monoisotopic (exact) mass is 633 g/mol. The van der Waals surface area contributed by atoms with E-state index in [4.69, 9.17) is 4.74 Å². The number of carbonyl (C=O) groups is 3. The SMILES string of the molecule is O=C(OC1CCCCC1)c1cccc(N2C(=O)[C@H]3[C@H](C2=O)C2(Br)c4ccccc4C3(Br)c3ccccc32)c1. The van der Waals surface area contributed by atoms with Crippen molar-refractivity contribution >= 4 is 55.3 Å². The minimum absolute atomic E-state index is 0.0769. The van der Waals surface area contributed by atoms with Gasteiger partial charge in [-0.05, 0) is 66.1 Å². The van der Waals surface area contributed by atoms with E-state index in [1.54, 1.807) is 24.3 Å². The number of amides is 2. The number of nitrogens with zero attached hydrogens (tertiary/aromatic N) is 1. The van der Waals surface area contributed by atoms with Gasteiger partial charge in [-0.25, -0.2) is 9.69 Å². The summed E-state index contributed by atoms with van der Waals surface area (Å²) in [5, 5.41) is 0. The standard InChI is InChI=1S/C31H25Br2NO4/c32-30-21-13-4-5-14-22(21)31(33,24-16-7-6-15-23(24)30)26-25(30)27(35)34(28(26)36)19-10-8-9-18(17-19)29(37)38-20-11-2-1-3-12-20/h4-10,13-17,20,25-26H,1-3,11-12H2/t25-,26-,30?,31?/m1/s1. The number of imide groups is 1. The van der Waals surface area contributed by atoms with E-state index in [0.29, 0.717) is 11.3 Å². The average Bonchev–Trinajstić information content (AvgIpc) is 3.23. The Morgan fingerprint density at radius 1 is 0.737 bits per heavy atom. The van der Waals surface area contributed by atoms with E-state index in [2.05, 4.69) is 31.9 Å². The third-order valence-corrected chi connectivity index (χ3v) is 11.4. The van der Waals surface area contributed by atoms with Gasteiger partial charge in [-0.2, -0.15) is 0 Å². The fourth-order valence-corrected chi connectivity index (χ4v) is 9.40. The summed E-state index contributed by atoms with van der Waals surface area (Å²) in [6, 6.07) is 22.7. The molecule has 4 aliphatic carbocycles. The maximum absolute atomic E-state index is 14.2. The normalized spacial score (nSPS) is 29.6. The Morgan fingerprint density at radius 2 is 1.24 bits per heavy atom. The zero-order valence-electron chi connectivity index (χ0n) is 20.5. The number of alkyl halides is 2. The van der Waals surface area contributed by atoms with E-state index < -0.39 is 26.5 Å². The molecule has 7 heteroatoms. The van der Waals surface area contributed by atoms with Crippen molar-refractivity contribution in [1.29, 1.82) is 0 Å². The topological polar surface area (TPSA) is 63.7 Å². The molecule has 5 aliphatic rings. The molecule has 2 amide bonds. The molecule has 38 heavy (non-hydrogen) atoms. The lowest BCUT2D eigenvalue weighted by Crippen LogP contribution is -2.56. The van der Waals surface area contributed by atoms with Crippen LogP contribution < -0.4 is 4.90 Å². The first kappa shape index (κ1) is 24.3. The van der Waals surface area contributed by atoms with Crippen molar-refractivity contribution in [3.05, 3.63) is 101 Å². The number of anilines is 1. The van der Waals surface area contributed by atoms with Crippen LogP contribution in [0.3, 0.4) is 0 Å². The molecule has 1 aliphatic heterocycles. The van der Waals surface area contributed by atoms with Crippen molar-refractivity contribution in [1.82, 2.24) is 0 Å². The molecule has 2 fully saturated rings. The van der Waals surface area contributed by atoms with Crippen molar-refractivity contribution < 1.29 is 19.1 Å². The van der Waals surface area contributed by atoms with E-state index in [1.165, 1.54) is 11.3 Å². The van der Waals surface area contributed by atoms with Crippen LogP contribution in [0.2, 0.25) is 0 Å². The summed E-state index contributed by atoms with van der Waals surface area (Å²) in [6.45, 7) is 0. The number of halogens is 2. The molecule has 3 aromatic carbocycles. The Bertz CT molecular complexity index is 1390. The zero-order valence-corrected chi connectivity index (χ0v) is 23.7. The molecule has 1 saturated heterocycles. The zero-order chi connectivity index (χ0) is 26.2. The molecule has 192 valence electrons. The lowest BCUT2D eigenvalue weighted by atomic mass is 9.54. The summed E-state index contributed by atoms with van der Waals surface area (Å²) >= 11 is 8.06. The van der Waals surface area contributed by atoms with Gasteiger partial charge in [0, 0.05) is 0 Å². The first-order chi connectivity index (χ1) is 18.4. The van der Waals surface area contributed by atoms with E-state index >= 15 is 0 Å². The molecule has 0 unspecified atom stereocenters. The molecule has 3 aromatic rings. The smallest absolute Gasteiger partial charge is 0.338 e. The minimum Gasteiger partial charge on any atom is -0.459 e. The van der Waals surface area contributed by atoms with Gasteiger partial charge in [0.05, 0.1) is 31.7 Å². The summed E-state index contributed by atoms with van der Waals surface area (Å²) in [4.78, 5) is 42.7. The van der Waals surface area contributed by atoms with E-state index in [9.17, 15) is 14.4 Å². The molecule has 0 spiro atoms. The quantitative estimate of drug-likeness (QED) is 0.185. The third kappa shape index (κ3) is 3.12. The molecular weight excluding hydrogens is 610 g/mol. The Kier molecular flexibility index (Phi) is 5.51. The van der Waals surface area contributed by atoms with Crippen LogP contribution in [0.1, 0.15) is 64.7 Å². The first-order valence-electron chi connectivity index (χ1n) is 13.1. The van der Waals surface area contributed by atoms with E-state index in [0.717, 1.165) is 47.9 Å². The molecule has 5 nitrogen and oxygen atoms in total. The molecule has 0 radical (unpaired) electrons. The highest BCUT2D eigenvalue weighted by molar-refractivity contribution is 9.10. The highest BCUT2D eigenvalue weighted by Gasteiger charge is 2.72. The van der Waals surface area contributed by atoms with Crippen molar-refractivity contribution in [2.45, 2.75) is 46.9 Å². The predicted molar refractivity (Wildman–Crippen MR) is 151 cm³/mol. The maximum atomic E-state index is 14.2. The van der Waals surface area contributed by atoms with Crippen LogP contribution in [-0.2, 0) is 23.0 Å². The van der Waals surface area contributed by atoms with Gasteiger partial charge >= 0.3 is 5.97 Å². The molecule has 0 N–H and O–H groups in total. The number of ether oxygens (including phenoxy) is 1. The number of esters is 1. The number of hydrogen-bond donors (Lipinski definition) is 0. The van der Waals surface area contributed by atoms with E-state index in [-0.39, 0.29) is 17.9 Å². The molecule has 0 aromatic heterocycles. The van der Waals surface area contributed by atoms with Gasteiger partial charge in [0.15, 0.2) is 0 Å². The van der Waals surface area contributed by atoms with Crippen LogP contribution in [-0.4, -0.2) is 23.9 Å². The summed E-state index contributed by atoms with van der Waals surface area (Å²) in [6.07, 6.45) is 4.96. The fraction of sp³-hybridized carbons (Fsp3) is 0.323. The van der Waals surface area contributed by atoms with Gasteiger partial charge in [-0.3, -0.25) is 9.59 Å². The van der Waals surface area contributed by atoms with Crippen molar-refractivity contribution in [3.63, 3.8) is 0 Å². The Hall–Kier alpha value is -2.77. The highest BCUT2D eigenvalue weighted by Crippen LogP contribution is 2.70. The highest BCUT2D eigenvalue weighted by atomic mass is 79.9. The van der Waals surface area contributed by atoms with Crippen molar-refractivity contribution in [3.8, 4) is 0 Å². The van der Waals surface area contributed by atoms with Crippen molar-refractivity contribution in [2.75, 3.05) is 4.90 Å². The van der Waals surface area contributed by atoms with Gasteiger partial charge in [0.2, 0.25) is 11.8 Å². The van der Waals surface area contributed by atoms with Gasteiger partial charge < -0.3 is 4.74 Å². The lowest BCUT2D eigenvalue weighted by molar-refractivity contribution is -0.122. The molecule has 2 atom stereocenters. The van der Waals surface area contributed by atoms with E-state index in [1.807, 2.05) is 48.5 Å². The van der Waals surface area contributed by atoms with Crippen LogP contribution in [0.25, 0.3) is 0 Å². The predicted octanol–water partition coefficient (Wildman–Crippen LogP) is 6.59. The number of benzene rings is 3. The summed E-state index contributed by atoms with van der Waals surface area (Å²) < 4.78 is 4.07. The van der Waals surface area contributed by atoms with Crippen LogP contribution in [0.4, 0.5) is 5.69 Å². The third-order valence-electron chi connectivity index (χ3n) is 8.75. The Morgan fingerprint density at radius 3 is 1.74 bits per heavy atom. The molecule has 2 bridgehead atoms. The summed E-state index contributed by atoms with van der Waals surface area (Å²) in [5.41, 5.74) is 4.70. The van der Waals surface area contributed by atoms with Crippen molar-refractivity contribution in [2.24, 2.45) is 11.8 Å². The van der Waals surface area contributed by atoms with Gasteiger partial charge in [0.25, 0.3) is 0 Å². The summed E-state index contributed by atoms with van der Waals surface area (Å²) in [7, 11) is 0. The Balaban J connectivity index is 1.31. The average molecular weight is 635 g/mol. The van der Waals surface area contributed by atoms with Gasteiger partial charge in [-0.15, -0.1) is 0 Å². The second-order valence-corrected chi connectivity index (χ2v) is 13.2. The number of hydrogen-bond acceptors (Lipinski definition) is 4. The largest absolute Gasteiger partial charge is 0.459 e. The maximum Gasteiger partial charge on any atom is 0.338 e. The molecule has 1 saturated carbocycles. The number of carbonyl (C=O) groups excluding carboxylic acids is 3. The molecule has 8 rings (SSSR count).